The predicted octanol–water partition coefficient (Wildman–Crippen LogP) is 4.47. The van der Waals surface area contributed by atoms with Crippen LogP contribution in [0.3, 0.4) is 0 Å². The molecule has 0 radical (unpaired) electrons. The Bertz CT molecular complexity index is 1110. The number of carbonyl (C=O) groups excluding carboxylic acids is 1. The van der Waals surface area contributed by atoms with Crippen molar-refractivity contribution in [1.29, 1.82) is 0 Å². The van der Waals surface area contributed by atoms with E-state index in [0.29, 0.717) is 24.5 Å². The SMILES string of the molecule is COC(=O)CCCN1C(=S)N[C@H](c2ccccn2)[C@@H]1c1cc(C)n(Cc2ccccc2)c1C. The molecule has 0 spiro atoms. The minimum atomic E-state index is -0.202. The largest absolute Gasteiger partial charge is 0.469 e. The van der Waals surface area contributed by atoms with Gasteiger partial charge in [-0.1, -0.05) is 36.4 Å². The maximum atomic E-state index is 11.7. The lowest BCUT2D eigenvalue weighted by Crippen LogP contribution is -2.31. The molecular formula is C26H30N4O2S. The zero-order valence-electron chi connectivity index (χ0n) is 19.3. The summed E-state index contributed by atoms with van der Waals surface area (Å²) in [5.41, 5.74) is 5.87. The van der Waals surface area contributed by atoms with Crippen molar-refractivity contribution < 1.29 is 9.53 Å². The van der Waals surface area contributed by atoms with Crippen molar-refractivity contribution in [3.63, 3.8) is 0 Å². The summed E-state index contributed by atoms with van der Waals surface area (Å²) in [5, 5.41) is 4.18. The first kappa shape index (κ1) is 23.0. The Kier molecular flexibility index (Phi) is 7.08. The van der Waals surface area contributed by atoms with Gasteiger partial charge in [-0.3, -0.25) is 9.78 Å². The van der Waals surface area contributed by atoms with E-state index in [1.54, 1.807) is 0 Å². The van der Waals surface area contributed by atoms with Gasteiger partial charge >= 0.3 is 5.97 Å². The number of ether oxygens (including phenoxy) is 1. The van der Waals surface area contributed by atoms with Gasteiger partial charge in [-0.05, 0) is 61.8 Å². The van der Waals surface area contributed by atoms with Gasteiger partial charge in [0.2, 0.25) is 0 Å². The van der Waals surface area contributed by atoms with Crippen LogP contribution in [-0.2, 0) is 16.1 Å². The number of pyridine rings is 1. The Morgan fingerprint density at radius 2 is 1.91 bits per heavy atom. The molecule has 6 nitrogen and oxygen atoms in total. The van der Waals surface area contributed by atoms with Gasteiger partial charge in [-0.25, -0.2) is 0 Å². The molecule has 1 aromatic carbocycles. The highest BCUT2D eigenvalue weighted by molar-refractivity contribution is 7.80. The van der Waals surface area contributed by atoms with E-state index < -0.39 is 0 Å². The van der Waals surface area contributed by atoms with Crippen LogP contribution in [0.4, 0.5) is 0 Å². The zero-order chi connectivity index (χ0) is 23.4. The number of rotatable bonds is 8. The highest BCUT2D eigenvalue weighted by Gasteiger charge is 2.41. The lowest BCUT2D eigenvalue weighted by molar-refractivity contribution is -0.140. The Morgan fingerprint density at radius 1 is 1.15 bits per heavy atom. The van der Waals surface area contributed by atoms with Crippen molar-refractivity contribution in [2.45, 2.75) is 45.3 Å². The molecule has 0 amide bonds. The fraction of sp³-hybridized carbons (Fsp3) is 0.346. The number of aromatic nitrogens is 2. The Hall–Kier alpha value is -3.19. The second-order valence-corrected chi connectivity index (χ2v) is 8.78. The van der Waals surface area contributed by atoms with Crippen LogP contribution < -0.4 is 5.32 Å². The topological polar surface area (TPSA) is 59.4 Å². The van der Waals surface area contributed by atoms with Gasteiger partial charge in [-0.15, -0.1) is 0 Å². The van der Waals surface area contributed by atoms with Crippen LogP contribution in [0.2, 0.25) is 0 Å². The fourth-order valence-corrected chi connectivity index (χ4v) is 4.95. The lowest BCUT2D eigenvalue weighted by Gasteiger charge is -2.28. The van der Waals surface area contributed by atoms with Crippen molar-refractivity contribution in [2.24, 2.45) is 0 Å². The second-order valence-electron chi connectivity index (χ2n) is 8.40. The Morgan fingerprint density at radius 3 is 2.61 bits per heavy atom. The third-order valence-corrected chi connectivity index (χ3v) is 6.67. The third kappa shape index (κ3) is 4.93. The van der Waals surface area contributed by atoms with Gasteiger partial charge < -0.3 is 19.5 Å². The molecule has 1 fully saturated rings. The quantitative estimate of drug-likeness (QED) is 0.394. The highest BCUT2D eigenvalue weighted by atomic mass is 32.1. The van der Waals surface area contributed by atoms with Crippen LogP contribution >= 0.6 is 12.2 Å². The number of hydrogen-bond acceptors (Lipinski definition) is 4. The van der Waals surface area contributed by atoms with Gasteiger partial charge in [0, 0.05) is 37.1 Å². The highest BCUT2D eigenvalue weighted by Crippen LogP contribution is 2.41. The summed E-state index contributed by atoms with van der Waals surface area (Å²) < 4.78 is 7.17. The van der Waals surface area contributed by atoms with E-state index in [-0.39, 0.29) is 18.1 Å². The van der Waals surface area contributed by atoms with Crippen LogP contribution in [0.5, 0.6) is 0 Å². The number of methoxy groups -OCH3 is 1. The van der Waals surface area contributed by atoms with Gasteiger partial charge in [0.05, 0.1) is 24.9 Å². The van der Waals surface area contributed by atoms with E-state index in [0.717, 1.165) is 12.2 Å². The molecule has 1 N–H and O–H groups in total. The van der Waals surface area contributed by atoms with Gasteiger partial charge in [0.1, 0.15) is 0 Å². The number of aryl methyl sites for hydroxylation is 1. The molecule has 4 rings (SSSR count). The zero-order valence-corrected chi connectivity index (χ0v) is 20.1. The summed E-state index contributed by atoms with van der Waals surface area (Å²) in [4.78, 5) is 18.5. The third-order valence-electron chi connectivity index (χ3n) is 6.32. The van der Waals surface area contributed by atoms with E-state index in [2.05, 4.69) is 63.9 Å². The standard InChI is InChI=1S/C26H30N4O2S/c1-18-16-21(19(2)30(18)17-20-10-5-4-6-11-20)25-24(22-12-7-8-14-27-22)28-26(33)29(25)15-9-13-23(31)32-3/h4-8,10-12,14,16,24-25H,9,13,15,17H2,1-3H3,(H,28,33)/t24-,25+/m1/s1. The normalized spacial score (nSPS) is 17.8. The maximum Gasteiger partial charge on any atom is 0.305 e. The van der Waals surface area contributed by atoms with Crippen molar-refractivity contribution in [3.05, 3.63) is 89.0 Å². The summed E-state index contributed by atoms with van der Waals surface area (Å²) in [6.45, 7) is 5.81. The van der Waals surface area contributed by atoms with Crippen LogP contribution in [0.1, 0.15) is 53.1 Å². The first-order chi connectivity index (χ1) is 16.0. The number of nitrogens with one attached hydrogen (secondary N) is 1. The van der Waals surface area contributed by atoms with Gasteiger partial charge in [0.25, 0.3) is 0 Å². The summed E-state index contributed by atoms with van der Waals surface area (Å²) in [6, 6.07) is 18.6. The van der Waals surface area contributed by atoms with Crippen LogP contribution in [0, 0.1) is 13.8 Å². The average Bonchev–Trinajstić information content (AvgIpc) is 3.30. The van der Waals surface area contributed by atoms with Gasteiger partial charge in [0.15, 0.2) is 5.11 Å². The molecule has 7 heteroatoms. The number of hydrogen-bond donors (Lipinski definition) is 1. The maximum absolute atomic E-state index is 11.7. The molecule has 2 atom stereocenters. The molecule has 0 aliphatic carbocycles. The van der Waals surface area contributed by atoms with Crippen molar-refractivity contribution in [2.75, 3.05) is 13.7 Å². The number of carbonyl (C=O) groups is 1. The van der Waals surface area contributed by atoms with E-state index in [4.69, 9.17) is 17.0 Å². The summed E-state index contributed by atoms with van der Waals surface area (Å²) in [6.07, 6.45) is 2.85. The molecular weight excluding hydrogens is 432 g/mol. The second kappa shape index (κ2) is 10.2. The van der Waals surface area contributed by atoms with Crippen molar-refractivity contribution in [3.8, 4) is 0 Å². The van der Waals surface area contributed by atoms with Crippen LogP contribution in [0.25, 0.3) is 0 Å². The molecule has 33 heavy (non-hydrogen) atoms. The number of benzene rings is 1. The summed E-state index contributed by atoms with van der Waals surface area (Å²) in [5.74, 6) is -0.202. The smallest absolute Gasteiger partial charge is 0.305 e. The average molecular weight is 463 g/mol. The fourth-order valence-electron chi connectivity index (χ4n) is 4.62. The lowest BCUT2D eigenvalue weighted by atomic mass is 9.96. The first-order valence-corrected chi connectivity index (χ1v) is 11.7. The molecule has 0 saturated carbocycles. The monoisotopic (exact) mass is 462 g/mol. The number of thiocarbonyl (C=S) groups is 1. The summed E-state index contributed by atoms with van der Waals surface area (Å²) in [7, 11) is 1.42. The summed E-state index contributed by atoms with van der Waals surface area (Å²) >= 11 is 5.75. The van der Waals surface area contributed by atoms with Crippen LogP contribution in [-0.4, -0.2) is 39.2 Å². The Labute approximate surface area is 200 Å². The Balaban J connectivity index is 1.69. The van der Waals surface area contributed by atoms with Crippen LogP contribution in [0.15, 0.2) is 60.8 Å². The minimum Gasteiger partial charge on any atom is -0.469 e. The molecule has 2 aromatic heterocycles. The molecule has 0 bridgehead atoms. The van der Waals surface area contributed by atoms with E-state index >= 15 is 0 Å². The molecule has 0 unspecified atom stereocenters. The molecule has 172 valence electrons. The number of esters is 1. The molecule has 1 aliphatic rings. The van der Waals surface area contributed by atoms with Gasteiger partial charge in [-0.2, -0.15) is 0 Å². The molecule has 1 aliphatic heterocycles. The van der Waals surface area contributed by atoms with Crippen molar-refractivity contribution in [1.82, 2.24) is 19.8 Å². The molecule has 1 saturated heterocycles. The van der Waals surface area contributed by atoms with E-state index in [9.17, 15) is 4.79 Å². The number of nitrogens with zero attached hydrogens (tertiary/aromatic N) is 3. The van der Waals surface area contributed by atoms with E-state index in [1.807, 2.05) is 30.5 Å². The minimum absolute atomic E-state index is 0.0132. The predicted molar refractivity (Wildman–Crippen MR) is 133 cm³/mol. The molecule has 3 aromatic rings. The van der Waals surface area contributed by atoms with E-state index in [1.165, 1.54) is 29.6 Å². The molecule has 3 heterocycles. The first-order valence-electron chi connectivity index (χ1n) is 11.2. The van der Waals surface area contributed by atoms with Crippen molar-refractivity contribution >= 4 is 23.3 Å².